The largest absolute Gasteiger partial charge is 0.371 e. The van der Waals surface area contributed by atoms with E-state index in [4.69, 9.17) is 4.98 Å². The van der Waals surface area contributed by atoms with E-state index in [1.807, 2.05) is 25.1 Å². The Bertz CT molecular complexity index is 906. The maximum Gasteiger partial charge on any atom is 0.154 e. The molecule has 0 atom stereocenters. The molecule has 0 saturated carbocycles. The third kappa shape index (κ3) is 3.84. The van der Waals surface area contributed by atoms with Crippen LogP contribution in [0.25, 0.3) is 22.3 Å². The number of piperazine rings is 1. The van der Waals surface area contributed by atoms with Gasteiger partial charge in [0, 0.05) is 62.6 Å². The van der Waals surface area contributed by atoms with Crippen LogP contribution in [0.4, 0.5) is 11.5 Å². The highest BCUT2D eigenvalue weighted by Crippen LogP contribution is 2.27. The number of aromatic nitrogens is 3. The van der Waals surface area contributed by atoms with E-state index in [-0.39, 0.29) is 0 Å². The average Bonchev–Trinajstić information content (AvgIpc) is 2.74. The molecule has 0 amide bonds. The van der Waals surface area contributed by atoms with Gasteiger partial charge < -0.3 is 10.2 Å². The molecular formula is C20H24N6S. The lowest BCUT2D eigenvalue weighted by molar-refractivity contribution is 0.430. The van der Waals surface area contributed by atoms with Crippen LogP contribution in [0.15, 0.2) is 42.7 Å². The van der Waals surface area contributed by atoms with E-state index >= 15 is 0 Å². The third-order valence-electron chi connectivity index (χ3n) is 4.77. The molecule has 1 aliphatic rings. The molecule has 1 aromatic carbocycles. The Kier molecular flexibility index (Phi) is 5.40. The predicted octanol–water partition coefficient (Wildman–Crippen LogP) is 3.52. The van der Waals surface area contributed by atoms with Crippen molar-refractivity contribution in [2.45, 2.75) is 6.92 Å². The molecule has 1 saturated heterocycles. The van der Waals surface area contributed by atoms with Crippen LogP contribution in [0, 0.1) is 0 Å². The van der Waals surface area contributed by atoms with Crippen molar-refractivity contribution in [3.63, 3.8) is 0 Å². The number of hydrogen-bond donors (Lipinski definition) is 1. The van der Waals surface area contributed by atoms with Gasteiger partial charge in [0.2, 0.25) is 0 Å². The van der Waals surface area contributed by atoms with E-state index in [0.717, 1.165) is 60.0 Å². The molecule has 0 spiro atoms. The highest BCUT2D eigenvalue weighted by molar-refractivity contribution is 7.96. The SMILES string of the molecule is CCSN1CCN(c2ccc(-c3cc4nccnc4c(NC)n3)cc2)CC1. The second-order valence-corrected chi connectivity index (χ2v) is 7.76. The molecule has 4 rings (SSSR count). The summed E-state index contributed by atoms with van der Waals surface area (Å²) in [5, 5.41) is 3.13. The average molecular weight is 381 g/mol. The minimum atomic E-state index is 0.754. The highest BCUT2D eigenvalue weighted by atomic mass is 32.2. The van der Waals surface area contributed by atoms with Gasteiger partial charge in [0.1, 0.15) is 5.52 Å². The Labute approximate surface area is 164 Å². The summed E-state index contributed by atoms with van der Waals surface area (Å²) >= 11 is 1.93. The van der Waals surface area contributed by atoms with Gasteiger partial charge in [-0.2, -0.15) is 0 Å². The number of nitrogens with one attached hydrogen (secondary N) is 1. The van der Waals surface area contributed by atoms with Crippen LogP contribution >= 0.6 is 11.9 Å². The quantitative estimate of drug-likeness (QED) is 0.680. The summed E-state index contributed by atoms with van der Waals surface area (Å²) in [6.45, 7) is 6.56. The summed E-state index contributed by atoms with van der Waals surface area (Å²) in [6.07, 6.45) is 3.41. The Morgan fingerprint density at radius 2 is 1.78 bits per heavy atom. The lowest BCUT2D eigenvalue weighted by Gasteiger charge is -2.35. The minimum Gasteiger partial charge on any atom is -0.371 e. The van der Waals surface area contributed by atoms with Crippen molar-refractivity contribution in [2.24, 2.45) is 0 Å². The fourth-order valence-corrected chi connectivity index (χ4v) is 4.18. The Morgan fingerprint density at radius 1 is 1.04 bits per heavy atom. The first-order valence-corrected chi connectivity index (χ1v) is 10.3. The first-order chi connectivity index (χ1) is 13.3. The minimum absolute atomic E-state index is 0.754. The van der Waals surface area contributed by atoms with Crippen LogP contribution in [-0.4, -0.2) is 58.2 Å². The highest BCUT2D eigenvalue weighted by Gasteiger charge is 2.17. The molecule has 2 aromatic heterocycles. The maximum atomic E-state index is 4.73. The molecule has 0 radical (unpaired) electrons. The number of rotatable bonds is 5. The monoisotopic (exact) mass is 380 g/mol. The van der Waals surface area contributed by atoms with Crippen molar-refractivity contribution in [3.05, 3.63) is 42.7 Å². The van der Waals surface area contributed by atoms with Crippen LogP contribution in [-0.2, 0) is 0 Å². The zero-order valence-electron chi connectivity index (χ0n) is 15.7. The number of benzene rings is 1. The number of nitrogens with zero attached hydrogens (tertiary/aromatic N) is 5. The lowest BCUT2D eigenvalue weighted by Crippen LogP contribution is -2.43. The van der Waals surface area contributed by atoms with Gasteiger partial charge in [-0.25, -0.2) is 14.3 Å². The number of anilines is 2. The third-order valence-corrected chi connectivity index (χ3v) is 5.76. The molecule has 0 aliphatic carbocycles. The summed E-state index contributed by atoms with van der Waals surface area (Å²) in [6, 6.07) is 10.7. The number of fused-ring (bicyclic) bond motifs is 1. The molecule has 1 N–H and O–H groups in total. The molecule has 7 heteroatoms. The lowest BCUT2D eigenvalue weighted by atomic mass is 10.1. The van der Waals surface area contributed by atoms with Crippen molar-refractivity contribution in [1.29, 1.82) is 0 Å². The van der Waals surface area contributed by atoms with Gasteiger partial charge in [-0.15, -0.1) is 0 Å². The second-order valence-electron chi connectivity index (χ2n) is 6.41. The fraction of sp³-hybridized carbons (Fsp3) is 0.350. The summed E-state index contributed by atoms with van der Waals surface area (Å²) in [5.74, 6) is 1.90. The second kappa shape index (κ2) is 8.10. The summed E-state index contributed by atoms with van der Waals surface area (Å²) < 4.78 is 2.46. The normalized spacial score (nSPS) is 15.3. The van der Waals surface area contributed by atoms with Crippen molar-refractivity contribution in [3.8, 4) is 11.3 Å². The Hall–Kier alpha value is -2.38. The molecule has 0 bridgehead atoms. The Morgan fingerprint density at radius 3 is 2.48 bits per heavy atom. The maximum absolute atomic E-state index is 4.73. The van der Waals surface area contributed by atoms with Gasteiger partial charge in [0.15, 0.2) is 5.82 Å². The van der Waals surface area contributed by atoms with Crippen LogP contribution in [0.3, 0.4) is 0 Å². The van der Waals surface area contributed by atoms with Crippen molar-refractivity contribution in [2.75, 3.05) is 49.2 Å². The molecule has 140 valence electrons. The van der Waals surface area contributed by atoms with Crippen LogP contribution in [0.1, 0.15) is 6.92 Å². The van der Waals surface area contributed by atoms with Gasteiger partial charge in [0.25, 0.3) is 0 Å². The molecule has 0 unspecified atom stereocenters. The fourth-order valence-electron chi connectivity index (χ4n) is 3.40. The van der Waals surface area contributed by atoms with Gasteiger partial charge in [-0.1, -0.05) is 31.0 Å². The number of hydrogen-bond acceptors (Lipinski definition) is 7. The van der Waals surface area contributed by atoms with Crippen LogP contribution in [0.2, 0.25) is 0 Å². The van der Waals surface area contributed by atoms with Gasteiger partial charge >= 0.3 is 0 Å². The molecule has 1 aliphatic heterocycles. The topological polar surface area (TPSA) is 57.2 Å². The van der Waals surface area contributed by atoms with E-state index < -0.39 is 0 Å². The van der Waals surface area contributed by atoms with Crippen molar-refractivity contribution < 1.29 is 0 Å². The summed E-state index contributed by atoms with van der Waals surface area (Å²) in [7, 11) is 1.86. The van der Waals surface area contributed by atoms with E-state index in [1.165, 1.54) is 5.69 Å². The summed E-state index contributed by atoms with van der Waals surface area (Å²) in [4.78, 5) is 16.0. The van der Waals surface area contributed by atoms with Gasteiger partial charge in [0.05, 0.1) is 11.2 Å². The summed E-state index contributed by atoms with van der Waals surface area (Å²) in [5.41, 5.74) is 4.91. The van der Waals surface area contributed by atoms with E-state index in [1.54, 1.807) is 12.4 Å². The van der Waals surface area contributed by atoms with Gasteiger partial charge in [-0.05, 0) is 18.2 Å². The van der Waals surface area contributed by atoms with E-state index in [0.29, 0.717) is 0 Å². The van der Waals surface area contributed by atoms with Crippen LogP contribution < -0.4 is 10.2 Å². The first kappa shape index (κ1) is 18.0. The zero-order valence-corrected chi connectivity index (χ0v) is 16.5. The van der Waals surface area contributed by atoms with E-state index in [9.17, 15) is 0 Å². The molecule has 27 heavy (non-hydrogen) atoms. The first-order valence-electron chi connectivity index (χ1n) is 9.31. The van der Waals surface area contributed by atoms with Crippen molar-refractivity contribution in [1.82, 2.24) is 19.3 Å². The molecule has 1 fully saturated rings. The zero-order chi connectivity index (χ0) is 18.6. The number of pyridine rings is 1. The molecule has 6 nitrogen and oxygen atoms in total. The Balaban J connectivity index is 1.55. The standard InChI is InChI=1S/C20H24N6S/c1-3-27-26-12-10-25(11-13-26)16-6-4-15(5-7-16)17-14-18-19(20(21-2)24-17)23-9-8-22-18/h4-9,14H,3,10-13H2,1-2H3,(H,21,24). The van der Waals surface area contributed by atoms with E-state index in [2.05, 4.69) is 55.7 Å². The molecule has 3 aromatic rings. The molecular weight excluding hydrogens is 356 g/mol. The molecule has 3 heterocycles. The smallest absolute Gasteiger partial charge is 0.154 e. The van der Waals surface area contributed by atoms with Gasteiger partial charge in [-0.3, -0.25) is 4.98 Å². The van der Waals surface area contributed by atoms with Crippen molar-refractivity contribution >= 4 is 34.5 Å². The van der Waals surface area contributed by atoms with Crippen LogP contribution in [0.5, 0.6) is 0 Å². The predicted molar refractivity (Wildman–Crippen MR) is 114 cm³/mol.